The van der Waals surface area contributed by atoms with Gasteiger partial charge in [-0.15, -0.1) is 0 Å². The van der Waals surface area contributed by atoms with Crippen molar-refractivity contribution in [2.45, 2.75) is 117 Å². The first-order valence-electron chi connectivity index (χ1n) is 12.0. The van der Waals surface area contributed by atoms with Crippen molar-refractivity contribution in [3.63, 3.8) is 0 Å². The first-order valence-corrected chi connectivity index (χ1v) is 12.0. The summed E-state index contributed by atoms with van der Waals surface area (Å²) in [7, 11) is 0. The molecule has 0 aromatic carbocycles. The van der Waals surface area contributed by atoms with Crippen LogP contribution >= 0.6 is 0 Å². The van der Waals surface area contributed by atoms with Crippen molar-refractivity contribution in [3.8, 4) is 0 Å². The van der Waals surface area contributed by atoms with Crippen LogP contribution in [0.3, 0.4) is 0 Å². The maximum atomic E-state index is 12.2. The van der Waals surface area contributed by atoms with Gasteiger partial charge < -0.3 is 9.84 Å². The molecule has 0 rings (SSSR count). The highest BCUT2D eigenvalue weighted by Gasteiger charge is 2.22. The van der Waals surface area contributed by atoms with Crippen LogP contribution in [0.15, 0.2) is 12.2 Å². The molecule has 0 saturated carbocycles. The van der Waals surface area contributed by atoms with Crippen molar-refractivity contribution < 1.29 is 19.4 Å². The third kappa shape index (κ3) is 19.8. The molecule has 0 fully saturated rings. The Kier molecular flexibility index (Phi) is 19.1. The molecule has 0 aliphatic heterocycles. The van der Waals surface area contributed by atoms with Gasteiger partial charge in [-0.25, -0.2) is 0 Å². The lowest BCUT2D eigenvalue weighted by molar-refractivity contribution is -0.153. The molecule has 0 heterocycles. The minimum Gasteiger partial charge on any atom is -0.481 e. The van der Waals surface area contributed by atoms with Crippen molar-refractivity contribution in [2.75, 3.05) is 6.61 Å². The van der Waals surface area contributed by atoms with Crippen molar-refractivity contribution >= 4 is 11.9 Å². The Labute approximate surface area is 179 Å². The van der Waals surface area contributed by atoms with Gasteiger partial charge in [0.2, 0.25) is 0 Å². The Morgan fingerprint density at radius 2 is 1.41 bits per heavy atom. The van der Waals surface area contributed by atoms with Crippen LogP contribution in [0.5, 0.6) is 0 Å². The molecular formula is C25H46O4. The van der Waals surface area contributed by atoms with E-state index in [0.717, 1.165) is 44.4 Å². The number of ether oxygens (including phenoxy) is 1. The maximum absolute atomic E-state index is 12.2. The average Bonchev–Trinajstić information content (AvgIpc) is 2.67. The van der Waals surface area contributed by atoms with E-state index >= 15 is 0 Å². The topological polar surface area (TPSA) is 63.6 Å². The summed E-state index contributed by atoms with van der Waals surface area (Å²) in [6.07, 6.45) is 19.6. The maximum Gasteiger partial charge on any atom is 0.309 e. The number of allylic oxidation sites excluding steroid dienone is 2. The highest BCUT2D eigenvalue weighted by Crippen LogP contribution is 2.17. The Morgan fingerprint density at radius 1 is 0.828 bits per heavy atom. The van der Waals surface area contributed by atoms with E-state index < -0.39 is 11.9 Å². The zero-order valence-electron chi connectivity index (χ0n) is 19.3. The predicted molar refractivity (Wildman–Crippen MR) is 121 cm³/mol. The van der Waals surface area contributed by atoms with Crippen LogP contribution in [0.1, 0.15) is 117 Å². The highest BCUT2D eigenvalue weighted by atomic mass is 16.5. The first kappa shape index (κ1) is 27.7. The SMILES string of the molecule is CCCCCCC=CCCCCC(CC(=O)O)C(=O)OCCCCCCC(C)C. The van der Waals surface area contributed by atoms with Gasteiger partial charge in [0.1, 0.15) is 0 Å². The fourth-order valence-corrected chi connectivity index (χ4v) is 3.39. The number of carboxylic acid groups (broad SMARTS) is 1. The number of aliphatic carboxylic acids is 1. The molecule has 0 aliphatic carbocycles. The van der Waals surface area contributed by atoms with E-state index in [2.05, 4.69) is 32.9 Å². The van der Waals surface area contributed by atoms with Crippen LogP contribution in [0.2, 0.25) is 0 Å². The van der Waals surface area contributed by atoms with E-state index in [1.807, 2.05) is 0 Å². The number of carboxylic acids is 1. The zero-order valence-corrected chi connectivity index (χ0v) is 19.3. The molecule has 4 nitrogen and oxygen atoms in total. The fourth-order valence-electron chi connectivity index (χ4n) is 3.39. The molecule has 0 spiro atoms. The third-order valence-electron chi connectivity index (χ3n) is 5.24. The van der Waals surface area contributed by atoms with Crippen molar-refractivity contribution in [2.24, 2.45) is 11.8 Å². The standard InChI is InChI=1S/C25H46O4/c1-4-5-6-7-8-9-10-11-12-16-19-23(21-24(26)27)25(28)29-20-17-14-13-15-18-22(2)3/h9-10,22-23H,4-8,11-21H2,1-3H3,(H,26,27). The van der Waals surface area contributed by atoms with Gasteiger partial charge in [-0.2, -0.15) is 0 Å². The number of hydrogen-bond donors (Lipinski definition) is 1. The lowest BCUT2D eigenvalue weighted by Gasteiger charge is -2.14. The molecule has 0 aromatic heterocycles. The Bertz CT molecular complexity index is 429. The van der Waals surface area contributed by atoms with Gasteiger partial charge in [0.05, 0.1) is 18.9 Å². The molecule has 1 N–H and O–H groups in total. The number of esters is 1. The van der Waals surface area contributed by atoms with E-state index in [0.29, 0.717) is 13.0 Å². The first-order chi connectivity index (χ1) is 14.0. The second kappa shape index (κ2) is 20.0. The van der Waals surface area contributed by atoms with Gasteiger partial charge in [-0.3, -0.25) is 9.59 Å². The number of unbranched alkanes of at least 4 members (excludes halogenated alkanes) is 9. The van der Waals surface area contributed by atoms with E-state index in [-0.39, 0.29) is 12.4 Å². The minimum atomic E-state index is -0.924. The van der Waals surface area contributed by atoms with Crippen LogP contribution in [-0.2, 0) is 14.3 Å². The summed E-state index contributed by atoms with van der Waals surface area (Å²) in [6.45, 7) is 7.10. The number of rotatable bonds is 20. The van der Waals surface area contributed by atoms with Gasteiger partial charge in [-0.1, -0.05) is 84.3 Å². The monoisotopic (exact) mass is 410 g/mol. The van der Waals surface area contributed by atoms with Gasteiger partial charge in [0, 0.05) is 0 Å². The quantitative estimate of drug-likeness (QED) is 0.130. The second-order valence-corrected chi connectivity index (χ2v) is 8.66. The molecule has 0 amide bonds. The van der Waals surface area contributed by atoms with Crippen LogP contribution in [0.4, 0.5) is 0 Å². The Morgan fingerprint density at radius 3 is 2.03 bits per heavy atom. The molecule has 4 heteroatoms. The van der Waals surface area contributed by atoms with Crippen LogP contribution in [0.25, 0.3) is 0 Å². The van der Waals surface area contributed by atoms with Gasteiger partial charge in [-0.05, 0) is 44.4 Å². The zero-order chi connectivity index (χ0) is 21.7. The van der Waals surface area contributed by atoms with Crippen LogP contribution in [-0.4, -0.2) is 23.7 Å². The molecular weight excluding hydrogens is 364 g/mol. The van der Waals surface area contributed by atoms with Crippen molar-refractivity contribution in [3.05, 3.63) is 12.2 Å². The van der Waals surface area contributed by atoms with E-state index in [1.54, 1.807) is 0 Å². The molecule has 0 aromatic rings. The molecule has 0 saturated heterocycles. The molecule has 1 atom stereocenters. The van der Waals surface area contributed by atoms with Gasteiger partial charge in [0.25, 0.3) is 0 Å². The second-order valence-electron chi connectivity index (χ2n) is 8.66. The van der Waals surface area contributed by atoms with Crippen LogP contribution in [0, 0.1) is 11.8 Å². The summed E-state index contributed by atoms with van der Waals surface area (Å²) in [6, 6.07) is 0. The van der Waals surface area contributed by atoms with Crippen molar-refractivity contribution in [1.29, 1.82) is 0 Å². The molecule has 29 heavy (non-hydrogen) atoms. The molecule has 0 radical (unpaired) electrons. The summed E-state index contributed by atoms with van der Waals surface area (Å²) in [5, 5.41) is 9.09. The Balaban J connectivity index is 3.90. The summed E-state index contributed by atoms with van der Waals surface area (Å²) in [5.41, 5.74) is 0. The third-order valence-corrected chi connectivity index (χ3v) is 5.24. The molecule has 1 unspecified atom stereocenters. The number of carbonyl (C=O) groups is 2. The number of hydrogen-bond acceptors (Lipinski definition) is 3. The fraction of sp³-hybridized carbons (Fsp3) is 0.840. The normalized spacial score (nSPS) is 12.6. The summed E-state index contributed by atoms with van der Waals surface area (Å²) >= 11 is 0. The summed E-state index contributed by atoms with van der Waals surface area (Å²) in [5.74, 6) is -1.02. The summed E-state index contributed by atoms with van der Waals surface area (Å²) in [4.78, 5) is 23.3. The smallest absolute Gasteiger partial charge is 0.309 e. The Hall–Kier alpha value is -1.32. The average molecular weight is 411 g/mol. The molecule has 0 aliphatic rings. The lowest BCUT2D eigenvalue weighted by Crippen LogP contribution is -2.21. The van der Waals surface area contributed by atoms with E-state index in [1.165, 1.54) is 44.9 Å². The minimum absolute atomic E-state index is 0.125. The summed E-state index contributed by atoms with van der Waals surface area (Å²) < 4.78 is 5.36. The lowest BCUT2D eigenvalue weighted by atomic mass is 9.97. The number of carbonyl (C=O) groups excluding carboxylic acids is 1. The van der Waals surface area contributed by atoms with Gasteiger partial charge in [0.15, 0.2) is 0 Å². The van der Waals surface area contributed by atoms with Gasteiger partial charge >= 0.3 is 11.9 Å². The highest BCUT2D eigenvalue weighted by molar-refractivity contribution is 5.79. The largest absolute Gasteiger partial charge is 0.481 e. The van der Waals surface area contributed by atoms with E-state index in [4.69, 9.17) is 9.84 Å². The van der Waals surface area contributed by atoms with Crippen LogP contribution < -0.4 is 0 Å². The van der Waals surface area contributed by atoms with E-state index in [9.17, 15) is 9.59 Å². The molecule has 170 valence electrons. The van der Waals surface area contributed by atoms with Crippen molar-refractivity contribution in [1.82, 2.24) is 0 Å². The predicted octanol–water partition coefficient (Wildman–Crippen LogP) is 7.31. The molecule has 0 bridgehead atoms.